The molecule has 100 valence electrons. The Hall–Kier alpha value is -0.830. The molecule has 0 rings (SSSR count). The summed E-state index contributed by atoms with van der Waals surface area (Å²) in [5.41, 5.74) is 0.322. The minimum absolute atomic E-state index is 0.0494. The molecule has 0 fully saturated rings. The molecule has 0 aromatic heterocycles. The van der Waals surface area contributed by atoms with Gasteiger partial charge in [0, 0.05) is 17.2 Å². The molecule has 0 heterocycles. The molecule has 0 bridgehead atoms. The zero-order valence-corrected chi connectivity index (χ0v) is 11.7. The molecule has 0 saturated carbocycles. The average Bonchev–Trinajstić information content (AvgIpc) is 2.33. The molecule has 3 heteroatoms. The zero-order valence-electron chi connectivity index (χ0n) is 11.7. The SMILES string of the molecule is C=C(C(=O)O)C(CC)NC(CC)(CC)CCC. The first-order valence-electron chi connectivity index (χ1n) is 6.66. The first-order valence-corrected chi connectivity index (χ1v) is 6.66. The molecule has 0 amide bonds. The van der Waals surface area contributed by atoms with Gasteiger partial charge in [0.1, 0.15) is 0 Å². The molecule has 17 heavy (non-hydrogen) atoms. The Labute approximate surface area is 105 Å². The lowest BCUT2D eigenvalue weighted by atomic mass is 9.86. The lowest BCUT2D eigenvalue weighted by molar-refractivity contribution is -0.133. The first kappa shape index (κ1) is 16.2. The van der Waals surface area contributed by atoms with Gasteiger partial charge in [-0.05, 0) is 25.7 Å². The monoisotopic (exact) mass is 241 g/mol. The average molecular weight is 241 g/mol. The number of rotatable bonds is 9. The van der Waals surface area contributed by atoms with Gasteiger partial charge in [-0.15, -0.1) is 0 Å². The van der Waals surface area contributed by atoms with Gasteiger partial charge in [0.15, 0.2) is 0 Å². The molecular formula is C14H27NO2. The van der Waals surface area contributed by atoms with Crippen LogP contribution in [-0.2, 0) is 4.79 Å². The maximum atomic E-state index is 11.0. The summed E-state index contributed by atoms with van der Waals surface area (Å²) in [6.07, 6.45) is 4.96. The second kappa shape index (κ2) is 7.49. The molecule has 1 atom stereocenters. The van der Waals surface area contributed by atoms with E-state index in [0.717, 1.165) is 32.1 Å². The standard InChI is InChI=1S/C14H27NO2/c1-6-10-14(8-3,9-4)15-12(7-2)11(5)13(16)17/h12,15H,5-10H2,1-4H3,(H,16,17). The Balaban J connectivity index is 4.81. The number of carboxylic acid groups (broad SMARTS) is 1. The van der Waals surface area contributed by atoms with Gasteiger partial charge in [0.25, 0.3) is 0 Å². The molecule has 0 aromatic rings. The van der Waals surface area contributed by atoms with Crippen LogP contribution in [-0.4, -0.2) is 22.7 Å². The van der Waals surface area contributed by atoms with Gasteiger partial charge in [-0.2, -0.15) is 0 Å². The minimum atomic E-state index is -0.901. The Kier molecular flexibility index (Phi) is 7.12. The van der Waals surface area contributed by atoms with E-state index in [2.05, 4.69) is 32.7 Å². The fourth-order valence-corrected chi connectivity index (χ4v) is 2.31. The van der Waals surface area contributed by atoms with E-state index in [4.69, 9.17) is 5.11 Å². The number of hydrogen-bond acceptors (Lipinski definition) is 2. The topological polar surface area (TPSA) is 49.3 Å². The van der Waals surface area contributed by atoms with Crippen molar-refractivity contribution >= 4 is 5.97 Å². The highest BCUT2D eigenvalue weighted by molar-refractivity contribution is 5.87. The Bertz CT molecular complexity index is 257. The van der Waals surface area contributed by atoms with E-state index >= 15 is 0 Å². The van der Waals surface area contributed by atoms with Crippen LogP contribution in [0.25, 0.3) is 0 Å². The predicted molar refractivity (Wildman–Crippen MR) is 72.2 cm³/mol. The first-order chi connectivity index (χ1) is 7.96. The largest absolute Gasteiger partial charge is 0.478 e. The van der Waals surface area contributed by atoms with Crippen LogP contribution in [0.2, 0.25) is 0 Å². The maximum Gasteiger partial charge on any atom is 0.332 e. The highest BCUT2D eigenvalue weighted by Gasteiger charge is 2.29. The van der Waals surface area contributed by atoms with Crippen molar-refractivity contribution in [1.82, 2.24) is 5.32 Å². The summed E-state index contributed by atoms with van der Waals surface area (Å²) in [4.78, 5) is 11.0. The summed E-state index contributed by atoms with van der Waals surface area (Å²) in [5.74, 6) is -0.901. The molecular weight excluding hydrogens is 214 g/mol. The summed E-state index contributed by atoms with van der Waals surface area (Å²) in [6, 6.07) is -0.126. The number of carbonyl (C=O) groups is 1. The summed E-state index contributed by atoms with van der Waals surface area (Å²) in [7, 11) is 0. The van der Waals surface area contributed by atoms with Crippen LogP contribution in [0.1, 0.15) is 59.8 Å². The second-order valence-corrected chi connectivity index (χ2v) is 4.67. The van der Waals surface area contributed by atoms with E-state index in [1.54, 1.807) is 0 Å². The smallest absolute Gasteiger partial charge is 0.332 e. The van der Waals surface area contributed by atoms with Gasteiger partial charge in [0.05, 0.1) is 0 Å². The van der Waals surface area contributed by atoms with Gasteiger partial charge in [0.2, 0.25) is 0 Å². The van der Waals surface area contributed by atoms with Crippen LogP contribution >= 0.6 is 0 Å². The van der Waals surface area contributed by atoms with Crippen LogP contribution in [0.3, 0.4) is 0 Å². The normalized spacial score (nSPS) is 13.4. The summed E-state index contributed by atoms with van der Waals surface area (Å²) < 4.78 is 0. The van der Waals surface area contributed by atoms with Crippen LogP contribution < -0.4 is 5.32 Å². The fraction of sp³-hybridized carbons (Fsp3) is 0.786. The van der Waals surface area contributed by atoms with Crippen molar-refractivity contribution in [1.29, 1.82) is 0 Å². The third-order valence-corrected chi connectivity index (χ3v) is 3.67. The van der Waals surface area contributed by atoms with Crippen molar-refractivity contribution < 1.29 is 9.90 Å². The van der Waals surface area contributed by atoms with E-state index in [1.807, 2.05) is 6.92 Å². The molecule has 0 radical (unpaired) electrons. The quantitative estimate of drug-likeness (QED) is 0.609. The van der Waals surface area contributed by atoms with E-state index < -0.39 is 5.97 Å². The van der Waals surface area contributed by atoms with Gasteiger partial charge in [-0.25, -0.2) is 4.79 Å². The molecule has 2 N–H and O–H groups in total. The van der Waals surface area contributed by atoms with Gasteiger partial charge < -0.3 is 10.4 Å². The Morgan fingerprint density at radius 1 is 1.29 bits per heavy atom. The maximum absolute atomic E-state index is 11.0. The van der Waals surface area contributed by atoms with E-state index in [0.29, 0.717) is 0 Å². The van der Waals surface area contributed by atoms with Crippen LogP contribution in [0.4, 0.5) is 0 Å². The van der Waals surface area contributed by atoms with Gasteiger partial charge in [-0.3, -0.25) is 0 Å². The lowest BCUT2D eigenvalue weighted by Gasteiger charge is -2.37. The molecule has 1 unspecified atom stereocenters. The molecule has 0 saturated heterocycles. The third-order valence-electron chi connectivity index (χ3n) is 3.67. The summed E-state index contributed by atoms with van der Waals surface area (Å²) >= 11 is 0. The highest BCUT2D eigenvalue weighted by Crippen LogP contribution is 2.24. The van der Waals surface area contributed by atoms with Crippen molar-refractivity contribution in [2.75, 3.05) is 0 Å². The van der Waals surface area contributed by atoms with Crippen LogP contribution in [0, 0.1) is 0 Å². The van der Waals surface area contributed by atoms with Gasteiger partial charge in [-0.1, -0.05) is 40.7 Å². The minimum Gasteiger partial charge on any atom is -0.478 e. The number of carboxylic acids is 1. The number of hydrogen-bond donors (Lipinski definition) is 2. The van der Waals surface area contributed by atoms with E-state index in [-0.39, 0.29) is 17.2 Å². The lowest BCUT2D eigenvalue weighted by Crippen LogP contribution is -2.50. The molecule has 0 aliphatic rings. The third kappa shape index (κ3) is 4.50. The Morgan fingerprint density at radius 2 is 1.82 bits per heavy atom. The second-order valence-electron chi connectivity index (χ2n) is 4.67. The van der Waals surface area contributed by atoms with Crippen LogP contribution in [0.15, 0.2) is 12.2 Å². The van der Waals surface area contributed by atoms with Crippen LogP contribution in [0.5, 0.6) is 0 Å². The van der Waals surface area contributed by atoms with E-state index in [1.165, 1.54) is 0 Å². The number of aliphatic carboxylic acids is 1. The zero-order chi connectivity index (χ0) is 13.5. The highest BCUT2D eigenvalue weighted by atomic mass is 16.4. The molecule has 0 spiro atoms. The van der Waals surface area contributed by atoms with E-state index in [9.17, 15) is 4.79 Å². The Morgan fingerprint density at radius 3 is 2.12 bits per heavy atom. The van der Waals surface area contributed by atoms with Crippen molar-refractivity contribution in [3.8, 4) is 0 Å². The molecule has 0 aliphatic carbocycles. The fourth-order valence-electron chi connectivity index (χ4n) is 2.31. The predicted octanol–water partition coefficient (Wildman–Crippen LogP) is 3.35. The molecule has 0 aliphatic heterocycles. The number of nitrogens with one attached hydrogen (secondary N) is 1. The molecule has 0 aromatic carbocycles. The van der Waals surface area contributed by atoms with Crippen molar-refractivity contribution in [2.45, 2.75) is 71.4 Å². The summed E-state index contributed by atoms with van der Waals surface area (Å²) in [5, 5.41) is 12.5. The molecule has 3 nitrogen and oxygen atoms in total. The van der Waals surface area contributed by atoms with Gasteiger partial charge >= 0.3 is 5.97 Å². The van der Waals surface area contributed by atoms with Crippen molar-refractivity contribution in [3.05, 3.63) is 12.2 Å². The summed E-state index contributed by atoms with van der Waals surface area (Å²) in [6.45, 7) is 12.1. The van der Waals surface area contributed by atoms with Crippen molar-refractivity contribution in [2.24, 2.45) is 0 Å². The van der Waals surface area contributed by atoms with Crippen molar-refractivity contribution in [3.63, 3.8) is 0 Å².